The molecule has 0 aliphatic rings. The topological polar surface area (TPSA) is 164 Å². The fourth-order valence-electron chi connectivity index (χ4n) is 2.73. The maximum atomic E-state index is 11.7. The third kappa shape index (κ3) is 11.2. The molecule has 5 atom stereocenters. The summed E-state index contributed by atoms with van der Waals surface area (Å²) in [6.45, 7) is 5.70. The van der Waals surface area contributed by atoms with Crippen LogP contribution in [0.4, 0.5) is 0 Å². The molecule has 1 rings (SSSR count). The van der Waals surface area contributed by atoms with Crippen LogP contribution in [0.2, 0.25) is 0 Å². The van der Waals surface area contributed by atoms with Gasteiger partial charge in [-0.2, -0.15) is 0 Å². The Morgan fingerprint density at radius 2 is 1.56 bits per heavy atom. The summed E-state index contributed by atoms with van der Waals surface area (Å²) in [5, 5.41) is 2.53. The molecule has 0 radical (unpaired) electrons. The predicted molar refractivity (Wildman–Crippen MR) is 117 cm³/mol. The number of amides is 1. The van der Waals surface area contributed by atoms with E-state index in [1.54, 1.807) is 0 Å². The molecule has 1 amide bonds. The van der Waals surface area contributed by atoms with E-state index in [-0.39, 0.29) is 29.7 Å². The zero-order valence-corrected chi connectivity index (χ0v) is 20.3. The Balaban J connectivity index is 3.21. The Labute approximate surface area is 199 Å². The van der Waals surface area contributed by atoms with Crippen LogP contribution >= 0.6 is 0 Å². The number of ether oxygens (including phenoxy) is 5. The van der Waals surface area contributed by atoms with E-state index in [0.29, 0.717) is 0 Å². The molecule has 1 aromatic rings. The van der Waals surface area contributed by atoms with E-state index in [0.717, 1.165) is 6.92 Å². The summed E-state index contributed by atoms with van der Waals surface area (Å²) in [5.74, 6) is -2.13. The van der Waals surface area contributed by atoms with Crippen molar-refractivity contribution in [1.29, 1.82) is 0 Å². The van der Waals surface area contributed by atoms with E-state index in [1.807, 2.05) is 0 Å². The molecule has 0 bridgehead atoms. The van der Waals surface area contributed by atoms with Crippen molar-refractivity contribution >= 4 is 34.9 Å². The van der Waals surface area contributed by atoms with E-state index in [1.165, 1.54) is 52.0 Å². The second kappa shape index (κ2) is 14.3. The van der Waals surface area contributed by atoms with Crippen LogP contribution in [-0.2, 0) is 49.2 Å². The second-order valence-electron chi connectivity index (χ2n) is 7.07. The summed E-state index contributed by atoms with van der Waals surface area (Å²) < 4.78 is 47.4. The van der Waals surface area contributed by atoms with Crippen LogP contribution in [0.5, 0.6) is 5.75 Å². The molecule has 0 fully saturated rings. The maximum absolute atomic E-state index is 11.7. The molecule has 190 valence electrons. The molecule has 13 heteroatoms. The molecular formula is C21H29NO11S. The smallest absolute Gasteiger partial charge is 0.303 e. The van der Waals surface area contributed by atoms with Gasteiger partial charge in [0.2, 0.25) is 12.2 Å². The molecule has 3 unspecified atom stereocenters. The van der Waals surface area contributed by atoms with Gasteiger partial charge in [0.1, 0.15) is 24.6 Å². The molecule has 0 aliphatic heterocycles. The highest BCUT2D eigenvalue weighted by Crippen LogP contribution is 2.20. The molecular weight excluding hydrogens is 474 g/mol. The van der Waals surface area contributed by atoms with Crippen LogP contribution in [0.1, 0.15) is 34.6 Å². The Kier molecular flexibility index (Phi) is 12.2. The SMILES string of the molecule is CC(=O)NC[C@H](Oc1ccc(S(=O)O)cc1)OC(COC(C)=O)[C@@H](OC(C)=O)C(C)OC(C)=O. The summed E-state index contributed by atoms with van der Waals surface area (Å²) in [6, 6.07) is 5.56. The number of rotatable bonds is 13. The number of hydrogen-bond acceptors (Lipinski definition) is 10. The first-order valence-electron chi connectivity index (χ1n) is 10.1. The summed E-state index contributed by atoms with van der Waals surface area (Å²) in [7, 11) is 0. The van der Waals surface area contributed by atoms with Gasteiger partial charge in [-0.05, 0) is 31.2 Å². The molecule has 2 N–H and O–H groups in total. The van der Waals surface area contributed by atoms with Gasteiger partial charge in [0.15, 0.2) is 17.2 Å². The summed E-state index contributed by atoms with van der Waals surface area (Å²) >= 11 is -2.18. The first-order chi connectivity index (χ1) is 15.9. The number of carbonyl (C=O) groups excluding carboxylic acids is 4. The van der Waals surface area contributed by atoms with Gasteiger partial charge in [-0.1, -0.05) is 0 Å². The van der Waals surface area contributed by atoms with Gasteiger partial charge < -0.3 is 33.6 Å². The predicted octanol–water partition coefficient (Wildman–Crippen LogP) is 0.940. The van der Waals surface area contributed by atoms with Crippen LogP contribution in [-0.4, -0.2) is 70.3 Å². The van der Waals surface area contributed by atoms with Gasteiger partial charge in [0.25, 0.3) is 0 Å². The van der Waals surface area contributed by atoms with E-state index in [4.69, 9.17) is 28.2 Å². The lowest BCUT2D eigenvalue weighted by Crippen LogP contribution is -2.49. The Morgan fingerprint density at radius 3 is 2.03 bits per heavy atom. The van der Waals surface area contributed by atoms with E-state index >= 15 is 0 Å². The van der Waals surface area contributed by atoms with Gasteiger partial charge in [-0.25, -0.2) is 4.21 Å². The highest BCUT2D eigenvalue weighted by Gasteiger charge is 2.36. The second-order valence-corrected chi connectivity index (χ2v) is 8.04. The molecule has 1 aromatic carbocycles. The van der Waals surface area contributed by atoms with E-state index in [9.17, 15) is 23.4 Å². The molecule has 34 heavy (non-hydrogen) atoms. The van der Waals surface area contributed by atoms with Crippen LogP contribution < -0.4 is 10.1 Å². The Morgan fingerprint density at radius 1 is 0.971 bits per heavy atom. The lowest BCUT2D eigenvalue weighted by atomic mass is 10.1. The monoisotopic (exact) mass is 503 g/mol. The van der Waals surface area contributed by atoms with Crippen molar-refractivity contribution in [2.24, 2.45) is 0 Å². The third-order valence-corrected chi connectivity index (χ3v) is 4.75. The zero-order valence-electron chi connectivity index (χ0n) is 19.5. The average molecular weight is 504 g/mol. The number of nitrogens with one attached hydrogen (secondary N) is 1. The summed E-state index contributed by atoms with van der Waals surface area (Å²) in [6.07, 6.45) is -4.52. The minimum Gasteiger partial charge on any atom is -0.463 e. The number of esters is 3. The first-order valence-corrected chi connectivity index (χ1v) is 11.2. The van der Waals surface area contributed by atoms with Gasteiger partial charge in [-0.15, -0.1) is 0 Å². The van der Waals surface area contributed by atoms with Gasteiger partial charge in [-0.3, -0.25) is 19.2 Å². The average Bonchev–Trinajstić information content (AvgIpc) is 2.72. The third-order valence-electron chi connectivity index (χ3n) is 4.07. The Bertz CT molecular complexity index is 874. The van der Waals surface area contributed by atoms with Crippen molar-refractivity contribution in [3.63, 3.8) is 0 Å². The highest BCUT2D eigenvalue weighted by molar-refractivity contribution is 7.79. The minimum absolute atomic E-state index is 0.143. The summed E-state index contributed by atoms with van der Waals surface area (Å²) in [4.78, 5) is 46.2. The standard InChI is InChI=1S/C21H29NO11S/c1-12(30-15(4)25)21(31-16(5)26)19(11-29-14(3)24)33-20(10-22-13(2)23)32-17-6-8-18(9-7-17)34(27)28/h6-9,12,19-21H,10-11H2,1-5H3,(H,22,23)(H,27,28)/t12?,19?,20-,21+/m1/s1. The number of hydrogen-bond donors (Lipinski definition) is 2. The lowest BCUT2D eigenvalue weighted by molar-refractivity contribution is -0.205. The van der Waals surface area contributed by atoms with Crippen molar-refractivity contribution in [3.8, 4) is 5.75 Å². The quantitative estimate of drug-likeness (QED) is 0.170. The van der Waals surface area contributed by atoms with Crippen molar-refractivity contribution in [2.45, 2.75) is 64.1 Å². The zero-order chi connectivity index (χ0) is 25.8. The molecule has 12 nitrogen and oxygen atoms in total. The normalized spacial score (nSPS) is 15.1. The minimum atomic E-state index is -2.18. The van der Waals surface area contributed by atoms with Gasteiger partial charge in [0.05, 0.1) is 11.4 Å². The van der Waals surface area contributed by atoms with Crippen molar-refractivity contribution in [1.82, 2.24) is 5.32 Å². The molecule has 0 heterocycles. The molecule has 0 aliphatic carbocycles. The lowest BCUT2D eigenvalue weighted by Gasteiger charge is -2.33. The van der Waals surface area contributed by atoms with Crippen LogP contribution in [0.25, 0.3) is 0 Å². The fraction of sp³-hybridized carbons (Fsp3) is 0.524. The number of carbonyl (C=O) groups is 4. The number of benzene rings is 1. The van der Waals surface area contributed by atoms with Crippen LogP contribution in [0.15, 0.2) is 29.2 Å². The largest absolute Gasteiger partial charge is 0.463 e. The van der Waals surface area contributed by atoms with Gasteiger partial charge >= 0.3 is 17.9 Å². The van der Waals surface area contributed by atoms with Crippen LogP contribution in [0, 0.1) is 0 Å². The molecule has 0 aromatic heterocycles. The molecule has 0 saturated carbocycles. The maximum Gasteiger partial charge on any atom is 0.303 e. The Hall–Kier alpha value is -3.03. The van der Waals surface area contributed by atoms with Crippen LogP contribution in [0.3, 0.4) is 0 Å². The fourth-order valence-corrected chi connectivity index (χ4v) is 3.10. The van der Waals surface area contributed by atoms with Crippen molar-refractivity contribution in [2.75, 3.05) is 13.2 Å². The van der Waals surface area contributed by atoms with Crippen molar-refractivity contribution < 1.29 is 51.6 Å². The first kappa shape index (κ1) is 29.0. The molecule has 0 spiro atoms. The van der Waals surface area contributed by atoms with E-state index < -0.39 is 53.6 Å². The van der Waals surface area contributed by atoms with E-state index in [2.05, 4.69) is 5.32 Å². The van der Waals surface area contributed by atoms with Crippen molar-refractivity contribution in [3.05, 3.63) is 24.3 Å². The summed E-state index contributed by atoms with van der Waals surface area (Å²) in [5.41, 5.74) is 0. The highest BCUT2D eigenvalue weighted by atomic mass is 32.2. The molecule has 0 saturated heterocycles. The van der Waals surface area contributed by atoms with Gasteiger partial charge in [0, 0.05) is 27.7 Å².